The Kier molecular flexibility index (Phi) is 11.5. The topological polar surface area (TPSA) is 72.3 Å². The maximum atomic E-state index is 11.7. The van der Waals surface area contributed by atoms with Crippen LogP contribution in [0.4, 0.5) is 0 Å². The Morgan fingerprint density at radius 2 is 1.12 bits per heavy atom. The fourth-order valence-corrected chi connectivity index (χ4v) is 13.2. The molecule has 3 aromatic heterocycles. The summed E-state index contributed by atoms with van der Waals surface area (Å²) in [6, 6.07) is 45.2. The zero-order valence-corrected chi connectivity index (χ0v) is 47.8. The van der Waals surface area contributed by atoms with Crippen molar-refractivity contribution >= 4 is 38.8 Å². The number of fused-ring (bicyclic) bond motifs is 9. The van der Waals surface area contributed by atoms with Gasteiger partial charge in [-0.25, -0.2) is 15.0 Å². The molecule has 0 saturated carbocycles. The predicted octanol–water partition coefficient (Wildman–Crippen LogP) is 18.3. The molecule has 6 heteroatoms. The fraction of sp³-hybridized carbons (Fsp3) is 0.352. The number of hydrogen-bond donors (Lipinski definition) is 0. The van der Waals surface area contributed by atoms with E-state index in [2.05, 4.69) is 246 Å². The molecular formula is C71H74N6. The molecule has 0 radical (unpaired) electrons. The number of allylic oxidation sites excluding steroid dienone is 3. The summed E-state index contributed by atoms with van der Waals surface area (Å²) < 4.78 is 4.80. The molecule has 12 rings (SSSR count). The van der Waals surface area contributed by atoms with Crippen LogP contribution in [0.3, 0.4) is 0 Å². The van der Waals surface area contributed by atoms with Gasteiger partial charge in [-0.2, -0.15) is 5.26 Å². The van der Waals surface area contributed by atoms with Crippen molar-refractivity contribution in [1.29, 1.82) is 5.26 Å². The third-order valence-electron chi connectivity index (χ3n) is 17.9. The summed E-state index contributed by atoms with van der Waals surface area (Å²) in [5.41, 5.74) is 17.1. The standard InChI is InChI=1S/C71H74N6/c1-67(2,3)44-27-31-57-50(36-44)51-37-45(68(4,5)6)28-32-58(51)76(57)61-40-62(77-59-33-29-46(69(7,8)9)38-52(59)53-39-47(70(10,11)12)30-34-60(53)77)54(35-43(61)41-72)66-74-64(42-21-16-15-17-22-42)73-65(75-66)49-24-20-26-56-63(49)48-23-18-19-25-55(48)71(56,13)14/h15-22,24,26-36,38-40,45,48,55H,23,25,37H2,1-14H3. The lowest BCUT2D eigenvalue weighted by atomic mass is 9.72. The molecule has 0 fully saturated rings. The maximum Gasteiger partial charge on any atom is 0.166 e. The zero-order valence-electron chi connectivity index (χ0n) is 47.8. The molecule has 6 nitrogen and oxygen atoms in total. The highest BCUT2D eigenvalue weighted by Crippen LogP contribution is 2.57. The molecule has 9 aromatic rings. The van der Waals surface area contributed by atoms with Crippen LogP contribution in [0.15, 0.2) is 133 Å². The molecule has 0 bridgehead atoms. The van der Waals surface area contributed by atoms with Crippen LogP contribution >= 0.6 is 0 Å². The van der Waals surface area contributed by atoms with Crippen LogP contribution in [0.2, 0.25) is 0 Å². The monoisotopic (exact) mass is 1010 g/mol. The average molecular weight is 1010 g/mol. The Hall–Kier alpha value is -7.36. The lowest BCUT2D eigenvalue weighted by Gasteiger charge is -2.32. The molecule has 77 heavy (non-hydrogen) atoms. The first-order valence-electron chi connectivity index (χ1n) is 28.1. The van der Waals surface area contributed by atoms with E-state index in [4.69, 9.17) is 15.0 Å². The second kappa shape index (κ2) is 17.6. The molecule has 0 aliphatic heterocycles. The summed E-state index contributed by atoms with van der Waals surface area (Å²) >= 11 is 0. The molecule has 0 N–H and O–H groups in total. The number of nitrogens with zero attached hydrogens (tertiary/aromatic N) is 6. The van der Waals surface area contributed by atoms with Crippen LogP contribution in [0.5, 0.6) is 0 Å². The first-order valence-corrected chi connectivity index (χ1v) is 28.1. The minimum atomic E-state index is -0.0756. The highest BCUT2D eigenvalue weighted by Gasteiger charge is 2.47. The maximum absolute atomic E-state index is 11.7. The van der Waals surface area contributed by atoms with E-state index in [-0.39, 0.29) is 27.1 Å². The van der Waals surface area contributed by atoms with E-state index >= 15 is 0 Å². The first kappa shape index (κ1) is 50.5. The normalized spacial score (nSPS) is 18.2. The summed E-state index contributed by atoms with van der Waals surface area (Å²) in [7, 11) is 0. The lowest BCUT2D eigenvalue weighted by molar-refractivity contribution is 0.291. The van der Waals surface area contributed by atoms with Gasteiger partial charge in [-0.1, -0.05) is 182 Å². The SMILES string of the molecule is CC(C)(C)c1ccc2c(c1)c1c(n2-c2cc(-n3c4ccc(C(C)(C)C)cc4c4cc(C(C)(C)C)ccc43)c(-c3nc(-c4ccccc4)nc(-c4cccc5c4C4CC=CCC4C5(C)C)n3)cc2C#N)C=CC(C(C)(C)C)C1. The summed E-state index contributed by atoms with van der Waals surface area (Å²) in [6.07, 6.45) is 12.4. The van der Waals surface area contributed by atoms with Gasteiger partial charge in [0.2, 0.25) is 0 Å². The van der Waals surface area contributed by atoms with Crippen LogP contribution in [-0.4, -0.2) is 24.1 Å². The second-order valence-corrected chi connectivity index (χ2v) is 27.3. The van der Waals surface area contributed by atoms with Gasteiger partial charge in [-0.15, -0.1) is 0 Å². The highest BCUT2D eigenvalue weighted by atomic mass is 15.1. The van der Waals surface area contributed by atoms with Crippen LogP contribution in [0.25, 0.3) is 84.3 Å². The third-order valence-corrected chi connectivity index (χ3v) is 17.9. The minimum absolute atomic E-state index is 0.0151. The van der Waals surface area contributed by atoms with E-state index in [0.717, 1.165) is 69.6 Å². The van der Waals surface area contributed by atoms with E-state index in [9.17, 15) is 5.26 Å². The molecule has 3 aliphatic rings. The van der Waals surface area contributed by atoms with E-state index in [1.807, 2.05) is 6.07 Å². The smallest absolute Gasteiger partial charge is 0.166 e. The zero-order chi connectivity index (χ0) is 54.3. The molecule has 0 amide bonds. The predicted molar refractivity (Wildman–Crippen MR) is 321 cm³/mol. The van der Waals surface area contributed by atoms with Crippen molar-refractivity contribution in [3.63, 3.8) is 0 Å². The Bertz CT molecular complexity index is 3920. The van der Waals surface area contributed by atoms with Gasteiger partial charge >= 0.3 is 0 Å². The Morgan fingerprint density at radius 3 is 1.70 bits per heavy atom. The van der Waals surface area contributed by atoms with Gasteiger partial charge < -0.3 is 9.13 Å². The van der Waals surface area contributed by atoms with Crippen LogP contribution < -0.4 is 0 Å². The molecule has 0 saturated heterocycles. The van der Waals surface area contributed by atoms with Crippen molar-refractivity contribution in [1.82, 2.24) is 24.1 Å². The third kappa shape index (κ3) is 8.30. The van der Waals surface area contributed by atoms with Crippen molar-refractivity contribution in [2.45, 2.75) is 144 Å². The van der Waals surface area contributed by atoms with Crippen molar-refractivity contribution in [3.8, 4) is 51.6 Å². The lowest BCUT2D eigenvalue weighted by Crippen LogP contribution is -2.26. The van der Waals surface area contributed by atoms with Gasteiger partial charge in [-0.05, 0) is 152 Å². The summed E-state index contributed by atoms with van der Waals surface area (Å²) in [6.45, 7) is 32.5. The Labute approximate surface area is 456 Å². The number of hydrogen-bond acceptors (Lipinski definition) is 4. The van der Waals surface area contributed by atoms with Crippen molar-refractivity contribution in [3.05, 3.63) is 178 Å². The summed E-state index contributed by atoms with van der Waals surface area (Å²) in [5, 5.41) is 15.3. The van der Waals surface area contributed by atoms with Crippen molar-refractivity contribution in [2.75, 3.05) is 0 Å². The molecule has 3 aliphatic carbocycles. The van der Waals surface area contributed by atoms with E-state index in [1.54, 1.807) is 0 Å². The number of rotatable bonds is 5. The quantitative estimate of drug-likeness (QED) is 0.161. The first-order chi connectivity index (χ1) is 36.4. The molecule has 3 unspecified atom stereocenters. The van der Waals surface area contributed by atoms with Gasteiger partial charge in [0, 0.05) is 38.5 Å². The van der Waals surface area contributed by atoms with Gasteiger partial charge in [0.25, 0.3) is 0 Å². The van der Waals surface area contributed by atoms with Gasteiger partial charge in [0.1, 0.15) is 6.07 Å². The summed E-state index contributed by atoms with van der Waals surface area (Å²) in [4.78, 5) is 16.6. The Morgan fingerprint density at radius 1 is 0.558 bits per heavy atom. The van der Waals surface area contributed by atoms with Gasteiger partial charge in [0.15, 0.2) is 17.5 Å². The molecule has 6 aromatic carbocycles. The second-order valence-electron chi connectivity index (χ2n) is 27.3. The van der Waals surface area contributed by atoms with Gasteiger partial charge in [-0.3, -0.25) is 0 Å². The highest BCUT2D eigenvalue weighted by molar-refractivity contribution is 6.10. The molecule has 388 valence electrons. The van der Waals surface area contributed by atoms with E-state index in [1.165, 1.54) is 49.5 Å². The van der Waals surface area contributed by atoms with Crippen LogP contribution in [0, 0.1) is 28.6 Å². The fourth-order valence-electron chi connectivity index (χ4n) is 13.2. The summed E-state index contributed by atoms with van der Waals surface area (Å²) in [5.74, 6) is 2.95. The number of aromatic nitrogens is 5. The molecule has 3 heterocycles. The molecule has 3 atom stereocenters. The largest absolute Gasteiger partial charge is 0.308 e. The van der Waals surface area contributed by atoms with Crippen molar-refractivity contribution in [2.24, 2.45) is 17.3 Å². The van der Waals surface area contributed by atoms with Gasteiger partial charge in [0.05, 0.1) is 33.5 Å². The van der Waals surface area contributed by atoms with Crippen LogP contribution in [-0.2, 0) is 28.1 Å². The van der Waals surface area contributed by atoms with E-state index in [0.29, 0.717) is 40.8 Å². The number of nitriles is 1. The van der Waals surface area contributed by atoms with E-state index < -0.39 is 0 Å². The van der Waals surface area contributed by atoms with Crippen LogP contribution in [0.1, 0.15) is 160 Å². The Balaban J connectivity index is 1.21. The number of benzene rings is 6. The average Bonchev–Trinajstić information content (AvgIpc) is 4.20. The molecule has 0 spiro atoms. The minimum Gasteiger partial charge on any atom is -0.308 e. The van der Waals surface area contributed by atoms with Crippen molar-refractivity contribution < 1.29 is 0 Å². The molecular weight excluding hydrogens is 937 g/mol.